The van der Waals surface area contributed by atoms with Crippen molar-refractivity contribution in [3.05, 3.63) is 57.6 Å². The van der Waals surface area contributed by atoms with Crippen molar-refractivity contribution in [1.29, 1.82) is 0 Å². The SMILES string of the molecule is CCCCCCCCc1c(C)ccc([O-])c1CCCCCCCC.CCCCCCCCc1c(C)ccc([O-])c1CCCCCCCC.[Ba+2]. The standard InChI is InChI=1S/2C23H40O.Ba/c2*1-4-6-8-10-12-14-16-21-20(3)18-19-23(24)22(21)17-15-13-11-9-7-5-2;/h2*18-19,24H,4-17H2,1-3H3;/q;;+2/p-2. The molecule has 0 aliphatic carbocycles. The molecule has 3 heteroatoms. The van der Waals surface area contributed by atoms with Crippen molar-refractivity contribution < 1.29 is 10.2 Å². The monoisotopic (exact) mass is 801 g/mol. The van der Waals surface area contributed by atoms with E-state index in [1.165, 1.54) is 176 Å². The van der Waals surface area contributed by atoms with E-state index in [2.05, 4.69) is 41.5 Å². The van der Waals surface area contributed by atoms with Crippen molar-refractivity contribution >= 4 is 48.9 Å². The zero-order valence-electron chi connectivity index (χ0n) is 33.6. The van der Waals surface area contributed by atoms with Crippen molar-refractivity contribution in [3.8, 4) is 11.5 Å². The molecule has 2 aromatic rings. The fraction of sp³-hybridized carbons (Fsp3) is 0.739. The molecule has 0 aliphatic heterocycles. The molecule has 0 amide bonds. The zero-order valence-corrected chi connectivity index (χ0v) is 38.1. The van der Waals surface area contributed by atoms with Gasteiger partial charge in [0.15, 0.2) is 0 Å². The van der Waals surface area contributed by atoms with Crippen LogP contribution in [0.2, 0.25) is 0 Å². The van der Waals surface area contributed by atoms with Gasteiger partial charge in [-0.25, -0.2) is 0 Å². The summed E-state index contributed by atoms with van der Waals surface area (Å²) in [5.41, 5.74) is 7.63. The van der Waals surface area contributed by atoms with Crippen LogP contribution in [-0.4, -0.2) is 48.9 Å². The van der Waals surface area contributed by atoms with Crippen molar-refractivity contribution in [3.63, 3.8) is 0 Å². The van der Waals surface area contributed by atoms with E-state index in [4.69, 9.17) is 0 Å². The molecule has 0 aliphatic rings. The Labute approximate surface area is 346 Å². The topological polar surface area (TPSA) is 46.1 Å². The van der Waals surface area contributed by atoms with Gasteiger partial charge in [-0.05, 0) is 87.5 Å². The molecular formula is C46H78BaO2. The van der Waals surface area contributed by atoms with Crippen molar-refractivity contribution in [1.82, 2.24) is 0 Å². The number of benzene rings is 2. The molecule has 2 rings (SSSR count). The Balaban J connectivity index is 0.000000922. The summed E-state index contributed by atoms with van der Waals surface area (Å²) in [7, 11) is 0. The van der Waals surface area contributed by atoms with Crippen LogP contribution < -0.4 is 10.2 Å². The smallest absolute Gasteiger partial charge is 0.872 e. The largest absolute Gasteiger partial charge is 2.00 e. The third kappa shape index (κ3) is 23.0. The Hall–Kier alpha value is -0.389. The fourth-order valence-corrected chi connectivity index (χ4v) is 7.15. The number of hydrogen-bond acceptors (Lipinski definition) is 2. The van der Waals surface area contributed by atoms with Gasteiger partial charge in [-0.15, -0.1) is 11.5 Å². The summed E-state index contributed by atoms with van der Waals surface area (Å²) in [4.78, 5) is 0. The van der Waals surface area contributed by atoms with Gasteiger partial charge in [0, 0.05) is 0 Å². The summed E-state index contributed by atoms with van der Waals surface area (Å²) in [6, 6.07) is 7.62. The van der Waals surface area contributed by atoms with E-state index in [9.17, 15) is 10.2 Å². The zero-order chi connectivity index (χ0) is 35.2. The van der Waals surface area contributed by atoms with Crippen LogP contribution in [0.25, 0.3) is 0 Å². The minimum atomic E-state index is 0. The van der Waals surface area contributed by atoms with Gasteiger partial charge < -0.3 is 10.2 Å². The first-order valence-electron chi connectivity index (χ1n) is 21.0. The van der Waals surface area contributed by atoms with E-state index >= 15 is 0 Å². The van der Waals surface area contributed by atoms with Gasteiger partial charge in [0.2, 0.25) is 0 Å². The number of rotatable bonds is 28. The summed E-state index contributed by atoms with van der Waals surface area (Å²) in [5, 5.41) is 24.7. The third-order valence-corrected chi connectivity index (χ3v) is 10.4. The molecule has 49 heavy (non-hydrogen) atoms. The molecular weight excluding hydrogens is 722 g/mol. The summed E-state index contributed by atoms with van der Waals surface area (Å²) in [5.74, 6) is 0.547. The molecule has 0 aromatic heterocycles. The predicted molar refractivity (Wildman–Crippen MR) is 215 cm³/mol. The summed E-state index contributed by atoms with van der Waals surface area (Å²) in [6.45, 7) is 13.4. The van der Waals surface area contributed by atoms with E-state index < -0.39 is 0 Å². The first-order valence-corrected chi connectivity index (χ1v) is 21.0. The molecule has 0 saturated heterocycles. The Kier molecular flexibility index (Phi) is 33.2. The van der Waals surface area contributed by atoms with Crippen LogP contribution in [0, 0.1) is 13.8 Å². The predicted octanol–water partition coefficient (Wildman–Crippen LogP) is 13.4. The van der Waals surface area contributed by atoms with Crippen LogP contribution in [-0.2, 0) is 25.7 Å². The van der Waals surface area contributed by atoms with Crippen LogP contribution >= 0.6 is 0 Å². The molecule has 0 fully saturated rings. The number of aryl methyl sites for hydroxylation is 2. The molecule has 0 atom stereocenters. The molecule has 2 aromatic carbocycles. The van der Waals surface area contributed by atoms with Crippen LogP contribution in [0.4, 0.5) is 0 Å². The summed E-state index contributed by atoms with van der Waals surface area (Å²) < 4.78 is 0. The molecule has 0 unspecified atom stereocenters. The third-order valence-electron chi connectivity index (χ3n) is 10.4. The van der Waals surface area contributed by atoms with Crippen molar-refractivity contribution in [2.45, 2.75) is 221 Å². The molecule has 0 saturated carbocycles. The van der Waals surface area contributed by atoms with E-state index in [1.54, 1.807) is 12.1 Å². The summed E-state index contributed by atoms with van der Waals surface area (Å²) >= 11 is 0. The van der Waals surface area contributed by atoms with Gasteiger partial charge in [-0.2, -0.15) is 0 Å². The maximum atomic E-state index is 12.3. The van der Waals surface area contributed by atoms with Crippen molar-refractivity contribution in [2.75, 3.05) is 0 Å². The van der Waals surface area contributed by atoms with Crippen LogP contribution in [0.1, 0.15) is 215 Å². The van der Waals surface area contributed by atoms with Crippen LogP contribution in [0.5, 0.6) is 11.5 Å². The molecule has 2 nitrogen and oxygen atoms in total. The Bertz CT molecular complexity index is 880. The van der Waals surface area contributed by atoms with E-state index in [1.807, 2.05) is 12.1 Å². The Morgan fingerprint density at radius 2 is 0.551 bits per heavy atom. The molecule has 0 N–H and O–H groups in total. The van der Waals surface area contributed by atoms with Gasteiger partial charge in [0.25, 0.3) is 0 Å². The normalized spacial score (nSPS) is 10.9. The van der Waals surface area contributed by atoms with Gasteiger partial charge in [-0.3, -0.25) is 0 Å². The van der Waals surface area contributed by atoms with Crippen molar-refractivity contribution in [2.24, 2.45) is 0 Å². The van der Waals surface area contributed by atoms with Crippen LogP contribution in [0.15, 0.2) is 24.3 Å². The Morgan fingerprint density at radius 1 is 0.327 bits per heavy atom. The Morgan fingerprint density at radius 3 is 0.816 bits per heavy atom. The molecule has 0 radical (unpaired) electrons. The minimum Gasteiger partial charge on any atom is -0.872 e. The molecule has 0 spiro atoms. The first kappa shape index (κ1) is 48.6. The first-order chi connectivity index (χ1) is 23.4. The average Bonchev–Trinajstić information content (AvgIpc) is 3.08. The van der Waals surface area contributed by atoms with E-state index in [0.717, 1.165) is 36.8 Å². The second kappa shape index (κ2) is 33.4. The maximum absolute atomic E-state index is 12.3. The van der Waals surface area contributed by atoms with E-state index in [0.29, 0.717) is 0 Å². The van der Waals surface area contributed by atoms with Gasteiger partial charge in [0.05, 0.1) is 0 Å². The summed E-state index contributed by atoms with van der Waals surface area (Å²) in [6.07, 6.45) is 35.5. The van der Waals surface area contributed by atoms with E-state index in [-0.39, 0.29) is 60.4 Å². The second-order valence-electron chi connectivity index (χ2n) is 14.7. The van der Waals surface area contributed by atoms with Gasteiger partial charge in [0.1, 0.15) is 0 Å². The fourth-order valence-electron chi connectivity index (χ4n) is 7.15. The van der Waals surface area contributed by atoms with Crippen LogP contribution in [0.3, 0.4) is 0 Å². The minimum absolute atomic E-state index is 0. The molecule has 0 heterocycles. The quantitative estimate of drug-likeness (QED) is 0.0636. The maximum Gasteiger partial charge on any atom is 2.00 e. The van der Waals surface area contributed by atoms with Gasteiger partial charge >= 0.3 is 48.9 Å². The number of unbranched alkanes of at least 4 members (excludes halogenated alkanes) is 20. The average molecular weight is 800 g/mol. The second-order valence-corrected chi connectivity index (χ2v) is 14.7. The van der Waals surface area contributed by atoms with Gasteiger partial charge in [-0.1, -0.05) is 192 Å². The molecule has 0 bridgehead atoms. The number of hydrogen-bond donors (Lipinski definition) is 0. The molecule has 276 valence electrons.